The summed E-state index contributed by atoms with van der Waals surface area (Å²) in [5.74, 6) is -0.209. The maximum Gasteiger partial charge on any atom is 0.251 e. The second kappa shape index (κ2) is 7.61. The fourth-order valence-electron chi connectivity index (χ4n) is 2.25. The van der Waals surface area contributed by atoms with Crippen molar-refractivity contribution in [2.75, 3.05) is 6.54 Å². The van der Waals surface area contributed by atoms with E-state index in [2.05, 4.69) is 10.4 Å². The Bertz CT molecular complexity index is 800. The summed E-state index contributed by atoms with van der Waals surface area (Å²) in [6.45, 7) is 0.776. The van der Waals surface area contributed by atoms with Crippen LogP contribution in [0.3, 0.4) is 0 Å². The topological polar surface area (TPSA) is 67.2 Å². The fraction of sp³-hybridized carbons (Fsp3) is 0.176. The molecule has 0 aliphatic rings. The molecule has 0 aliphatic carbocycles. The van der Waals surface area contributed by atoms with E-state index in [1.165, 1.54) is 11.3 Å². The number of nitrogens with one attached hydrogen (secondary N) is 1. The molecule has 0 aliphatic heterocycles. The van der Waals surface area contributed by atoms with E-state index in [-0.39, 0.29) is 12.5 Å². The van der Waals surface area contributed by atoms with Gasteiger partial charge in [-0.15, -0.1) is 11.3 Å². The predicted octanol–water partition coefficient (Wildman–Crippen LogP) is 3.11. The molecule has 0 spiro atoms. The van der Waals surface area contributed by atoms with E-state index in [0.717, 1.165) is 10.4 Å². The van der Waals surface area contributed by atoms with Crippen molar-refractivity contribution in [3.63, 3.8) is 0 Å². The van der Waals surface area contributed by atoms with Crippen LogP contribution in [0.1, 0.15) is 26.9 Å². The normalized spacial score (nSPS) is 12.1. The van der Waals surface area contributed by atoms with Gasteiger partial charge in [-0.2, -0.15) is 5.10 Å². The lowest BCUT2D eigenvalue weighted by Gasteiger charge is -2.10. The lowest BCUT2D eigenvalue weighted by Crippen LogP contribution is -2.28. The maximum absolute atomic E-state index is 12.1. The van der Waals surface area contributed by atoms with Crippen molar-refractivity contribution in [3.05, 3.63) is 75.2 Å². The van der Waals surface area contributed by atoms with Crippen molar-refractivity contribution >= 4 is 28.8 Å². The quantitative estimate of drug-likeness (QED) is 0.709. The Hall–Kier alpha value is -2.15. The molecule has 2 heterocycles. The van der Waals surface area contributed by atoms with Crippen molar-refractivity contribution in [1.82, 2.24) is 15.1 Å². The van der Waals surface area contributed by atoms with Gasteiger partial charge in [0.1, 0.15) is 6.10 Å². The largest absolute Gasteiger partial charge is 0.386 e. The van der Waals surface area contributed by atoms with Gasteiger partial charge in [0.2, 0.25) is 0 Å². The van der Waals surface area contributed by atoms with Crippen LogP contribution in [0.4, 0.5) is 0 Å². The van der Waals surface area contributed by atoms with Crippen molar-refractivity contribution in [2.24, 2.45) is 0 Å². The molecule has 2 N–H and O–H groups in total. The van der Waals surface area contributed by atoms with Gasteiger partial charge in [0.05, 0.1) is 17.8 Å². The number of carbonyl (C=O) groups excluding carboxylic acids is 1. The minimum absolute atomic E-state index is 0.187. The first kappa shape index (κ1) is 16.7. The first-order chi connectivity index (χ1) is 11.6. The minimum Gasteiger partial charge on any atom is -0.386 e. The molecular formula is C17H16ClN3O2S. The van der Waals surface area contributed by atoms with E-state index in [1.807, 2.05) is 29.6 Å². The van der Waals surface area contributed by atoms with Gasteiger partial charge in [0.25, 0.3) is 5.91 Å². The van der Waals surface area contributed by atoms with E-state index < -0.39 is 6.10 Å². The van der Waals surface area contributed by atoms with Gasteiger partial charge in [-0.05, 0) is 29.1 Å². The summed E-state index contributed by atoms with van der Waals surface area (Å²) in [5.41, 5.74) is 1.57. The van der Waals surface area contributed by atoms with Gasteiger partial charge in [-0.1, -0.05) is 29.8 Å². The Morgan fingerprint density at radius 2 is 2.12 bits per heavy atom. The van der Waals surface area contributed by atoms with Gasteiger partial charge >= 0.3 is 0 Å². The Morgan fingerprint density at radius 3 is 2.75 bits per heavy atom. The molecule has 124 valence electrons. The van der Waals surface area contributed by atoms with Gasteiger partial charge in [0.15, 0.2) is 0 Å². The summed E-state index contributed by atoms with van der Waals surface area (Å²) in [5, 5.41) is 19.3. The second-order valence-electron chi connectivity index (χ2n) is 5.29. The predicted molar refractivity (Wildman–Crippen MR) is 94.4 cm³/mol. The molecule has 24 heavy (non-hydrogen) atoms. The van der Waals surface area contributed by atoms with Crippen molar-refractivity contribution in [3.8, 4) is 0 Å². The minimum atomic E-state index is -0.683. The number of carbonyl (C=O) groups is 1. The monoisotopic (exact) mass is 361 g/mol. The third-order valence-corrected chi connectivity index (χ3v) is 4.66. The lowest BCUT2D eigenvalue weighted by atomic mass is 10.1. The number of aliphatic hydroxyl groups excluding tert-OH is 1. The van der Waals surface area contributed by atoms with Gasteiger partial charge < -0.3 is 10.4 Å². The van der Waals surface area contributed by atoms with Crippen LogP contribution >= 0.6 is 22.9 Å². The number of aliphatic hydroxyl groups is 1. The summed E-state index contributed by atoms with van der Waals surface area (Å²) in [6, 6.07) is 11.0. The Kier molecular flexibility index (Phi) is 5.30. The highest BCUT2D eigenvalue weighted by Crippen LogP contribution is 2.18. The molecule has 1 amide bonds. The molecule has 0 saturated carbocycles. The number of nitrogens with zero attached hydrogens (tertiary/aromatic N) is 2. The average Bonchev–Trinajstić information content (AvgIpc) is 3.25. The Labute approximate surface area is 148 Å². The molecule has 3 rings (SSSR count). The molecule has 1 unspecified atom stereocenters. The van der Waals surface area contributed by atoms with Crippen LogP contribution < -0.4 is 5.32 Å². The van der Waals surface area contributed by atoms with E-state index in [1.54, 1.807) is 29.2 Å². The number of benzene rings is 1. The summed E-state index contributed by atoms with van der Waals surface area (Å²) in [6.07, 6.45) is 2.65. The highest BCUT2D eigenvalue weighted by Gasteiger charge is 2.11. The van der Waals surface area contributed by atoms with Crippen LogP contribution in [0, 0.1) is 0 Å². The van der Waals surface area contributed by atoms with E-state index in [0.29, 0.717) is 17.1 Å². The highest BCUT2D eigenvalue weighted by molar-refractivity contribution is 7.10. The molecule has 1 atom stereocenters. The van der Waals surface area contributed by atoms with E-state index in [4.69, 9.17) is 11.6 Å². The summed E-state index contributed by atoms with van der Waals surface area (Å²) in [7, 11) is 0. The summed E-state index contributed by atoms with van der Waals surface area (Å²) < 4.78 is 1.73. The molecule has 7 heteroatoms. The zero-order valence-electron chi connectivity index (χ0n) is 12.7. The summed E-state index contributed by atoms with van der Waals surface area (Å²) >= 11 is 7.30. The number of thiophene rings is 1. The van der Waals surface area contributed by atoms with Crippen molar-refractivity contribution in [2.45, 2.75) is 12.6 Å². The van der Waals surface area contributed by atoms with E-state index >= 15 is 0 Å². The number of aromatic nitrogens is 2. The number of halogens is 1. The maximum atomic E-state index is 12.1. The molecule has 1 aromatic carbocycles. The molecule has 3 aromatic rings. The lowest BCUT2D eigenvalue weighted by molar-refractivity contribution is 0.0918. The number of hydrogen-bond donors (Lipinski definition) is 2. The standard InChI is InChI=1S/C17H16ClN3O2S/c18-14-8-20-21(11-14)10-12-3-5-13(6-4-12)17(23)19-9-15(22)16-2-1-7-24-16/h1-8,11,15,22H,9-10H2,(H,19,23). The van der Waals surface area contributed by atoms with Crippen LogP contribution in [0.15, 0.2) is 54.2 Å². The first-order valence-corrected chi connectivity index (χ1v) is 8.64. The number of hydrogen-bond acceptors (Lipinski definition) is 4. The van der Waals surface area contributed by atoms with Crippen LogP contribution in [0.2, 0.25) is 5.02 Å². The number of amides is 1. The molecule has 2 aromatic heterocycles. The number of rotatable bonds is 6. The molecular weight excluding hydrogens is 346 g/mol. The Morgan fingerprint density at radius 1 is 1.33 bits per heavy atom. The zero-order chi connectivity index (χ0) is 16.9. The molecule has 0 bridgehead atoms. The summed E-state index contributed by atoms with van der Waals surface area (Å²) in [4.78, 5) is 13.0. The van der Waals surface area contributed by atoms with Crippen molar-refractivity contribution < 1.29 is 9.90 Å². The van der Waals surface area contributed by atoms with Crippen LogP contribution in [0.5, 0.6) is 0 Å². The van der Waals surface area contributed by atoms with Crippen molar-refractivity contribution in [1.29, 1.82) is 0 Å². The molecule has 0 saturated heterocycles. The molecule has 0 radical (unpaired) electrons. The SMILES string of the molecule is O=C(NCC(O)c1cccs1)c1ccc(Cn2cc(Cl)cn2)cc1. The fourth-order valence-corrected chi connectivity index (χ4v) is 3.11. The van der Waals surface area contributed by atoms with Gasteiger partial charge in [0, 0.05) is 23.2 Å². The molecule has 5 nitrogen and oxygen atoms in total. The smallest absolute Gasteiger partial charge is 0.251 e. The zero-order valence-corrected chi connectivity index (χ0v) is 14.3. The average molecular weight is 362 g/mol. The second-order valence-corrected chi connectivity index (χ2v) is 6.71. The van der Waals surface area contributed by atoms with Gasteiger partial charge in [-0.25, -0.2) is 0 Å². The highest BCUT2D eigenvalue weighted by atomic mass is 35.5. The molecule has 0 fully saturated rings. The third kappa shape index (κ3) is 4.23. The van der Waals surface area contributed by atoms with Crippen LogP contribution in [-0.4, -0.2) is 27.3 Å². The van der Waals surface area contributed by atoms with Crippen LogP contribution in [-0.2, 0) is 6.54 Å². The Balaban J connectivity index is 1.55. The third-order valence-electron chi connectivity index (χ3n) is 3.49. The van der Waals surface area contributed by atoms with Gasteiger partial charge in [-0.3, -0.25) is 9.48 Å². The first-order valence-electron chi connectivity index (χ1n) is 7.38. The van der Waals surface area contributed by atoms with E-state index in [9.17, 15) is 9.90 Å². The van der Waals surface area contributed by atoms with Crippen LogP contribution in [0.25, 0.3) is 0 Å².